The van der Waals surface area contributed by atoms with Crippen molar-refractivity contribution in [2.24, 2.45) is 0 Å². The first kappa shape index (κ1) is 17.4. The summed E-state index contributed by atoms with van der Waals surface area (Å²) in [6.07, 6.45) is 6.83. The van der Waals surface area contributed by atoms with Crippen LogP contribution in [0, 0.1) is 0 Å². The summed E-state index contributed by atoms with van der Waals surface area (Å²) in [7, 11) is 3.90. The second-order valence-corrected chi connectivity index (χ2v) is 7.50. The fourth-order valence-corrected chi connectivity index (χ4v) is 4.08. The molecule has 1 aromatic carbocycles. The molecule has 26 heavy (non-hydrogen) atoms. The van der Waals surface area contributed by atoms with E-state index < -0.39 is 0 Å². The summed E-state index contributed by atoms with van der Waals surface area (Å²) >= 11 is 0. The zero-order chi connectivity index (χ0) is 17.9. The Labute approximate surface area is 156 Å². The average molecular weight is 352 g/mol. The van der Waals surface area contributed by atoms with E-state index in [1.54, 1.807) is 7.11 Å². The zero-order valence-corrected chi connectivity index (χ0v) is 15.8. The van der Waals surface area contributed by atoms with Crippen LogP contribution in [0.25, 0.3) is 0 Å². The molecule has 2 aromatic rings. The number of ether oxygens (including phenoxy) is 1. The highest BCUT2D eigenvalue weighted by Gasteiger charge is 2.25. The van der Waals surface area contributed by atoms with Gasteiger partial charge in [0, 0.05) is 43.5 Å². The first-order chi connectivity index (χ1) is 12.7. The molecular formula is C21H28N4O. The number of aromatic nitrogens is 2. The molecule has 0 saturated carbocycles. The van der Waals surface area contributed by atoms with Gasteiger partial charge < -0.3 is 4.74 Å². The van der Waals surface area contributed by atoms with Crippen molar-refractivity contribution in [1.82, 2.24) is 19.8 Å². The summed E-state index contributed by atoms with van der Waals surface area (Å²) in [6.45, 7) is 4.09. The van der Waals surface area contributed by atoms with Crippen LogP contribution >= 0.6 is 0 Å². The van der Waals surface area contributed by atoms with Crippen LogP contribution in [0.1, 0.15) is 47.9 Å². The molecule has 1 aromatic heterocycles. The van der Waals surface area contributed by atoms with Gasteiger partial charge in [0.25, 0.3) is 0 Å². The minimum Gasteiger partial charge on any atom is -0.497 e. The lowest BCUT2D eigenvalue weighted by Gasteiger charge is -2.32. The van der Waals surface area contributed by atoms with E-state index in [1.165, 1.54) is 36.1 Å². The van der Waals surface area contributed by atoms with Crippen molar-refractivity contribution in [2.75, 3.05) is 27.2 Å². The van der Waals surface area contributed by atoms with Gasteiger partial charge in [-0.25, -0.2) is 9.97 Å². The molecule has 0 spiro atoms. The topological polar surface area (TPSA) is 41.5 Å². The predicted molar refractivity (Wildman–Crippen MR) is 102 cm³/mol. The number of rotatable bonds is 4. The smallest absolute Gasteiger partial charge is 0.145 e. The van der Waals surface area contributed by atoms with E-state index in [9.17, 15) is 0 Å². The molecule has 4 rings (SSSR count). The Kier molecular flexibility index (Phi) is 5.18. The lowest BCUT2D eigenvalue weighted by atomic mass is 10.0. The normalized spacial score (nSPS) is 21.4. The summed E-state index contributed by atoms with van der Waals surface area (Å²) in [5.74, 6) is 1.93. The number of likely N-dealkylation sites (tertiary alicyclic amines) is 1. The number of fused-ring (bicyclic) bond motifs is 1. The van der Waals surface area contributed by atoms with Crippen LogP contribution in [0.5, 0.6) is 5.75 Å². The Morgan fingerprint density at radius 2 is 2.00 bits per heavy atom. The lowest BCUT2D eigenvalue weighted by Crippen LogP contribution is -2.33. The fourth-order valence-electron chi connectivity index (χ4n) is 4.08. The molecule has 5 nitrogen and oxygen atoms in total. The SMILES string of the molecule is COc1ccc(CN2CCc3nc([C@@H]4CCCCN4C)ncc3C2)cc1. The third kappa shape index (κ3) is 3.74. The molecule has 0 amide bonds. The molecule has 0 N–H and O–H groups in total. The van der Waals surface area contributed by atoms with Gasteiger partial charge in [0.05, 0.1) is 13.2 Å². The molecule has 2 aliphatic rings. The van der Waals surface area contributed by atoms with Crippen LogP contribution in [-0.2, 0) is 19.5 Å². The molecule has 0 radical (unpaired) electrons. The van der Waals surface area contributed by atoms with Gasteiger partial charge >= 0.3 is 0 Å². The average Bonchev–Trinajstić information content (AvgIpc) is 2.68. The number of hydrogen-bond acceptors (Lipinski definition) is 5. The molecule has 138 valence electrons. The molecule has 1 atom stereocenters. The van der Waals surface area contributed by atoms with E-state index in [1.807, 2.05) is 12.1 Å². The van der Waals surface area contributed by atoms with E-state index in [0.29, 0.717) is 6.04 Å². The van der Waals surface area contributed by atoms with Gasteiger partial charge in [-0.05, 0) is 44.1 Å². The van der Waals surface area contributed by atoms with Gasteiger partial charge in [0.15, 0.2) is 0 Å². The van der Waals surface area contributed by atoms with Crippen LogP contribution < -0.4 is 4.74 Å². The van der Waals surface area contributed by atoms with E-state index >= 15 is 0 Å². The first-order valence-corrected chi connectivity index (χ1v) is 9.63. The Morgan fingerprint density at radius 3 is 2.77 bits per heavy atom. The van der Waals surface area contributed by atoms with E-state index in [0.717, 1.165) is 44.2 Å². The highest BCUT2D eigenvalue weighted by molar-refractivity contribution is 5.28. The van der Waals surface area contributed by atoms with E-state index in [4.69, 9.17) is 14.7 Å². The third-order valence-corrected chi connectivity index (χ3v) is 5.67. The van der Waals surface area contributed by atoms with E-state index in [-0.39, 0.29) is 0 Å². The number of hydrogen-bond donors (Lipinski definition) is 0. The Morgan fingerprint density at radius 1 is 1.15 bits per heavy atom. The summed E-state index contributed by atoms with van der Waals surface area (Å²) in [6, 6.07) is 8.75. The van der Waals surface area contributed by atoms with Gasteiger partial charge in [-0.3, -0.25) is 9.80 Å². The second kappa shape index (κ2) is 7.72. The Balaban J connectivity index is 1.43. The number of nitrogens with zero attached hydrogens (tertiary/aromatic N) is 4. The van der Waals surface area contributed by atoms with Crippen molar-refractivity contribution in [1.29, 1.82) is 0 Å². The second-order valence-electron chi connectivity index (χ2n) is 7.50. The van der Waals surface area contributed by atoms with Gasteiger partial charge in [0.1, 0.15) is 11.6 Å². The Hall–Kier alpha value is -1.98. The molecule has 5 heteroatoms. The molecule has 3 heterocycles. The highest BCUT2D eigenvalue weighted by Crippen LogP contribution is 2.28. The van der Waals surface area contributed by atoms with Gasteiger partial charge in [-0.15, -0.1) is 0 Å². The maximum absolute atomic E-state index is 5.24. The standard InChI is InChI=1S/C21H28N4O/c1-24-11-4-3-5-20(24)21-22-13-17-15-25(12-10-19(17)23-21)14-16-6-8-18(26-2)9-7-16/h6-9,13,20H,3-5,10-12,14-15H2,1-2H3/t20-/m0/s1. The highest BCUT2D eigenvalue weighted by atomic mass is 16.5. The minimum absolute atomic E-state index is 0.395. The molecule has 0 aliphatic carbocycles. The monoisotopic (exact) mass is 352 g/mol. The third-order valence-electron chi connectivity index (χ3n) is 5.67. The van der Waals surface area contributed by atoms with Crippen LogP contribution in [0.2, 0.25) is 0 Å². The quantitative estimate of drug-likeness (QED) is 0.845. The van der Waals surface area contributed by atoms with Crippen LogP contribution in [0.15, 0.2) is 30.5 Å². The summed E-state index contributed by atoms with van der Waals surface area (Å²) in [5, 5.41) is 0. The molecule has 1 fully saturated rings. The van der Waals surface area contributed by atoms with Gasteiger partial charge in [-0.1, -0.05) is 18.6 Å². The fraction of sp³-hybridized carbons (Fsp3) is 0.524. The molecule has 1 saturated heterocycles. The number of methoxy groups -OCH3 is 1. The zero-order valence-electron chi connectivity index (χ0n) is 15.8. The van der Waals surface area contributed by atoms with Crippen LogP contribution in [-0.4, -0.2) is 47.0 Å². The van der Waals surface area contributed by atoms with Crippen molar-refractivity contribution in [3.63, 3.8) is 0 Å². The largest absolute Gasteiger partial charge is 0.497 e. The van der Waals surface area contributed by atoms with Crippen LogP contribution in [0.4, 0.5) is 0 Å². The van der Waals surface area contributed by atoms with Crippen LogP contribution in [0.3, 0.4) is 0 Å². The molecule has 2 aliphatic heterocycles. The first-order valence-electron chi connectivity index (χ1n) is 9.63. The summed E-state index contributed by atoms with van der Waals surface area (Å²) < 4.78 is 5.24. The van der Waals surface area contributed by atoms with Crippen molar-refractivity contribution >= 4 is 0 Å². The lowest BCUT2D eigenvalue weighted by molar-refractivity contribution is 0.178. The summed E-state index contributed by atoms with van der Waals surface area (Å²) in [4.78, 5) is 14.6. The van der Waals surface area contributed by atoms with Crippen molar-refractivity contribution < 1.29 is 4.74 Å². The maximum Gasteiger partial charge on any atom is 0.145 e. The van der Waals surface area contributed by atoms with Gasteiger partial charge in [0.2, 0.25) is 0 Å². The number of piperidine rings is 1. The number of benzene rings is 1. The minimum atomic E-state index is 0.395. The van der Waals surface area contributed by atoms with E-state index in [2.05, 4.69) is 35.2 Å². The maximum atomic E-state index is 5.24. The molecular weight excluding hydrogens is 324 g/mol. The van der Waals surface area contributed by atoms with Crippen molar-refractivity contribution in [2.45, 2.75) is 44.8 Å². The predicted octanol–water partition coefficient (Wildman–Crippen LogP) is 3.20. The molecule has 0 bridgehead atoms. The van der Waals surface area contributed by atoms with Gasteiger partial charge in [-0.2, -0.15) is 0 Å². The Bertz CT molecular complexity index is 746. The summed E-state index contributed by atoms with van der Waals surface area (Å²) in [5.41, 5.74) is 3.85. The van der Waals surface area contributed by atoms with Crippen molar-refractivity contribution in [3.8, 4) is 5.75 Å². The molecule has 0 unspecified atom stereocenters. The van der Waals surface area contributed by atoms with Crippen molar-refractivity contribution in [3.05, 3.63) is 53.1 Å².